The summed E-state index contributed by atoms with van der Waals surface area (Å²) in [6.07, 6.45) is 2.70. The van der Waals surface area contributed by atoms with Crippen molar-refractivity contribution in [1.82, 2.24) is 15.0 Å². The molecule has 0 aromatic carbocycles. The largest absolute Gasteiger partial charge is 0.362 e. The maximum absolute atomic E-state index is 6.10. The summed E-state index contributed by atoms with van der Waals surface area (Å²) >= 11 is 9.46. The molecule has 1 atom stereocenters. The second kappa shape index (κ2) is 9.30. The third kappa shape index (κ3) is 5.15. The first-order valence-electron chi connectivity index (χ1n) is 7.30. The fourth-order valence-corrected chi connectivity index (χ4v) is 4.60. The van der Waals surface area contributed by atoms with Crippen LogP contribution in [0.15, 0.2) is 6.20 Å². The maximum Gasteiger partial charge on any atom is 0.224 e. The lowest BCUT2D eigenvalue weighted by molar-refractivity contribution is 0.744. The van der Waals surface area contributed by atoms with E-state index in [-0.39, 0.29) is 36.1 Å². The molecular formula is C15H20Cl3N5S2. The number of anilines is 1. The third-order valence-corrected chi connectivity index (χ3v) is 5.81. The number of rotatable bonds is 5. The number of aromatic nitrogens is 3. The lowest BCUT2D eigenvalue weighted by Gasteiger charge is -2.05. The van der Waals surface area contributed by atoms with E-state index in [0.717, 1.165) is 33.0 Å². The summed E-state index contributed by atoms with van der Waals surface area (Å²) < 4.78 is 1.02. The topological polar surface area (TPSA) is 76.7 Å². The minimum absolute atomic E-state index is 0. The molecule has 0 amide bonds. The van der Waals surface area contributed by atoms with Crippen molar-refractivity contribution < 1.29 is 0 Å². The molecule has 3 aromatic rings. The molecule has 3 heterocycles. The molecule has 10 heteroatoms. The van der Waals surface area contributed by atoms with E-state index in [0.29, 0.717) is 6.54 Å². The number of fused-ring (bicyclic) bond motifs is 1. The van der Waals surface area contributed by atoms with Crippen molar-refractivity contribution in [3.8, 4) is 0 Å². The number of hydrogen-bond acceptors (Lipinski definition) is 7. The summed E-state index contributed by atoms with van der Waals surface area (Å²) in [7, 11) is 0. The van der Waals surface area contributed by atoms with E-state index in [9.17, 15) is 0 Å². The molecule has 3 N–H and O–H groups in total. The van der Waals surface area contributed by atoms with Gasteiger partial charge in [0.1, 0.15) is 10.8 Å². The van der Waals surface area contributed by atoms with Gasteiger partial charge in [0.2, 0.25) is 5.28 Å². The van der Waals surface area contributed by atoms with Crippen LogP contribution in [0.5, 0.6) is 0 Å². The second-order valence-corrected chi connectivity index (χ2v) is 8.33. The van der Waals surface area contributed by atoms with Crippen molar-refractivity contribution in [3.05, 3.63) is 31.8 Å². The van der Waals surface area contributed by atoms with Crippen molar-refractivity contribution in [2.75, 3.05) is 5.32 Å². The summed E-state index contributed by atoms with van der Waals surface area (Å²) in [4.78, 5) is 15.5. The zero-order chi connectivity index (χ0) is 16.6. The minimum atomic E-state index is 0. The van der Waals surface area contributed by atoms with Gasteiger partial charge in [0.25, 0.3) is 0 Å². The monoisotopic (exact) mass is 439 g/mol. The van der Waals surface area contributed by atoms with Crippen LogP contribution in [0.25, 0.3) is 10.2 Å². The Morgan fingerprint density at radius 3 is 2.56 bits per heavy atom. The summed E-state index contributed by atoms with van der Waals surface area (Å²) in [6.45, 7) is 6.74. The molecule has 3 aromatic heterocycles. The first kappa shape index (κ1) is 22.3. The molecule has 25 heavy (non-hydrogen) atoms. The fraction of sp³-hybridized carbons (Fsp3) is 0.400. The minimum Gasteiger partial charge on any atom is -0.362 e. The summed E-state index contributed by atoms with van der Waals surface area (Å²) in [5.74, 6) is 0.761. The van der Waals surface area contributed by atoms with Gasteiger partial charge in [-0.3, -0.25) is 0 Å². The molecule has 138 valence electrons. The molecule has 0 radical (unpaired) electrons. The van der Waals surface area contributed by atoms with Gasteiger partial charge in [-0.05, 0) is 44.4 Å². The molecule has 0 aliphatic heterocycles. The zero-order valence-corrected chi connectivity index (χ0v) is 18.0. The average molecular weight is 441 g/mol. The Balaban J connectivity index is 0.00000156. The number of nitrogens with zero attached hydrogens (tertiary/aromatic N) is 3. The Morgan fingerprint density at radius 2 is 1.96 bits per heavy atom. The van der Waals surface area contributed by atoms with E-state index in [1.54, 1.807) is 22.7 Å². The third-order valence-electron chi connectivity index (χ3n) is 3.42. The Bertz CT molecular complexity index is 847. The SMILES string of the molecule is Cc1cnc(CNc2nc(Cl)nc3c(C)c(CC(C)N)sc23)s1.Cl.Cl. The van der Waals surface area contributed by atoms with Gasteiger partial charge < -0.3 is 11.1 Å². The Hall–Kier alpha value is -0.700. The van der Waals surface area contributed by atoms with Gasteiger partial charge in [-0.15, -0.1) is 47.5 Å². The van der Waals surface area contributed by atoms with Crippen LogP contribution < -0.4 is 11.1 Å². The maximum atomic E-state index is 6.10. The predicted molar refractivity (Wildman–Crippen MR) is 113 cm³/mol. The average Bonchev–Trinajstić information content (AvgIpc) is 3.02. The number of nitrogens with two attached hydrogens (primary N) is 1. The van der Waals surface area contributed by atoms with Crippen LogP contribution in [0.3, 0.4) is 0 Å². The van der Waals surface area contributed by atoms with Crippen LogP contribution in [0.2, 0.25) is 5.28 Å². The fourth-order valence-electron chi connectivity index (χ4n) is 2.36. The van der Waals surface area contributed by atoms with Gasteiger partial charge in [0.05, 0.1) is 16.8 Å². The number of nitrogens with one attached hydrogen (secondary N) is 1. The van der Waals surface area contributed by atoms with Crippen LogP contribution >= 0.6 is 59.1 Å². The van der Waals surface area contributed by atoms with Crippen molar-refractivity contribution >= 4 is 75.1 Å². The normalized spacial score (nSPS) is 11.7. The zero-order valence-electron chi connectivity index (χ0n) is 14.0. The van der Waals surface area contributed by atoms with Gasteiger partial charge >= 0.3 is 0 Å². The number of aryl methyl sites for hydroxylation is 2. The highest BCUT2D eigenvalue weighted by atomic mass is 35.5. The molecule has 0 spiro atoms. The van der Waals surface area contributed by atoms with Crippen LogP contribution in [-0.4, -0.2) is 21.0 Å². The molecule has 0 aliphatic rings. The van der Waals surface area contributed by atoms with E-state index in [4.69, 9.17) is 17.3 Å². The van der Waals surface area contributed by atoms with E-state index in [1.807, 2.05) is 20.0 Å². The predicted octanol–water partition coefficient (Wildman–Crippen LogP) is 4.76. The standard InChI is InChI=1S/C15H18ClN5S2.2ClH/c1-7(17)4-10-9(3)12-13(23-10)14(21-15(16)20-12)19-6-11-18-5-8(2)22-11;;/h5,7H,4,6,17H2,1-3H3,(H,19,20,21);2*1H. The van der Waals surface area contributed by atoms with Crippen molar-refractivity contribution in [2.24, 2.45) is 5.73 Å². The van der Waals surface area contributed by atoms with Gasteiger partial charge in [-0.25, -0.2) is 9.97 Å². The van der Waals surface area contributed by atoms with Crippen LogP contribution in [0, 0.1) is 13.8 Å². The Labute approximate surface area is 172 Å². The molecule has 3 rings (SSSR count). The quantitative estimate of drug-likeness (QED) is 0.559. The number of thiophene rings is 1. The summed E-state index contributed by atoms with van der Waals surface area (Å²) in [5.41, 5.74) is 7.99. The molecule has 0 saturated carbocycles. The van der Waals surface area contributed by atoms with Crippen LogP contribution in [0.4, 0.5) is 5.82 Å². The van der Waals surface area contributed by atoms with Gasteiger partial charge in [0.15, 0.2) is 0 Å². The summed E-state index contributed by atoms with van der Waals surface area (Å²) in [6, 6.07) is 0.111. The van der Waals surface area contributed by atoms with Gasteiger partial charge in [-0.1, -0.05) is 0 Å². The number of thiazole rings is 1. The van der Waals surface area contributed by atoms with Crippen molar-refractivity contribution in [2.45, 2.75) is 39.8 Å². The molecule has 0 bridgehead atoms. The molecule has 0 aliphatic carbocycles. The van der Waals surface area contributed by atoms with Crippen molar-refractivity contribution in [3.63, 3.8) is 0 Å². The Kier molecular flexibility index (Phi) is 8.31. The Morgan fingerprint density at radius 1 is 1.24 bits per heavy atom. The smallest absolute Gasteiger partial charge is 0.224 e. The van der Waals surface area contributed by atoms with E-state index >= 15 is 0 Å². The lowest BCUT2D eigenvalue weighted by Crippen LogP contribution is -2.17. The van der Waals surface area contributed by atoms with E-state index < -0.39 is 0 Å². The lowest BCUT2D eigenvalue weighted by atomic mass is 10.1. The first-order valence-corrected chi connectivity index (χ1v) is 9.31. The first-order chi connectivity index (χ1) is 10.9. The van der Waals surface area contributed by atoms with Crippen LogP contribution in [-0.2, 0) is 13.0 Å². The molecular weight excluding hydrogens is 421 g/mol. The molecule has 1 unspecified atom stereocenters. The second-order valence-electron chi connectivity index (χ2n) is 5.57. The number of halogens is 3. The van der Waals surface area contributed by atoms with E-state index in [1.165, 1.54) is 9.75 Å². The van der Waals surface area contributed by atoms with Gasteiger partial charge in [0, 0.05) is 22.0 Å². The highest BCUT2D eigenvalue weighted by Gasteiger charge is 2.16. The van der Waals surface area contributed by atoms with Gasteiger partial charge in [-0.2, -0.15) is 4.98 Å². The number of hydrogen-bond donors (Lipinski definition) is 2. The van der Waals surface area contributed by atoms with E-state index in [2.05, 4.69) is 27.2 Å². The highest BCUT2D eigenvalue weighted by Crippen LogP contribution is 2.35. The highest BCUT2D eigenvalue weighted by molar-refractivity contribution is 7.19. The molecule has 5 nitrogen and oxygen atoms in total. The van der Waals surface area contributed by atoms with Crippen LogP contribution in [0.1, 0.15) is 27.2 Å². The van der Waals surface area contributed by atoms with Crippen molar-refractivity contribution in [1.29, 1.82) is 0 Å². The summed E-state index contributed by atoms with van der Waals surface area (Å²) in [5, 5.41) is 4.62. The molecule has 0 saturated heterocycles. The molecule has 0 fully saturated rings.